The minimum atomic E-state index is -5.12. The molecule has 0 radical (unpaired) electrons. The number of allylic oxidation sites excluding steroid dienone is 6. The first kappa shape index (κ1) is 54.1. The molecule has 0 saturated heterocycles. The summed E-state index contributed by atoms with van der Waals surface area (Å²) in [6, 6.07) is 0. The number of phosphoric acid groups is 1. The van der Waals surface area contributed by atoms with Crippen LogP contribution in [-0.4, -0.2) is 98.3 Å². The Balaban J connectivity index is 2.50. The van der Waals surface area contributed by atoms with Crippen LogP contribution in [0.25, 0.3) is 0 Å². The summed E-state index contributed by atoms with van der Waals surface area (Å²) in [5.74, 6) is -1.12. The second kappa shape index (κ2) is 34.7. The van der Waals surface area contributed by atoms with E-state index in [1.165, 1.54) is 70.6 Å². The lowest BCUT2D eigenvalue weighted by Gasteiger charge is -2.41. The largest absolute Gasteiger partial charge is 0.472 e. The number of rotatable bonds is 36. The Morgan fingerprint density at radius 2 is 0.931 bits per heavy atom. The standard InChI is InChI=1S/C44H79O13P/c1-3-5-7-9-11-13-15-17-18-19-20-21-23-25-27-29-31-33-38(46)56-36(34-54-37(45)32-30-28-26-24-22-16-14-12-10-8-6-4-2)35-55-58(52,53)57-44-42(50)40(48)39(47)41(49)43(44)51/h11,13,17-18,20-21,36,39-44,47-51H,3-10,12,14-16,19,22-35H2,1-2H3,(H,52,53)/b13-11-,18-17-,21-20-/t36-,39?,40-,41?,42?,43?,44?/m1/s1. The predicted octanol–water partition coefficient (Wildman–Crippen LogP) is 8.22. The van der Waals surface area contributed by atoms with E-state index < -0.39 is 75.7 Å². The number of carbonyl (C=O) groups is 2. The Bertz CT molecular complexity index is 1160. The summed E-state index contributed by atoms with van der Waals surface area (Å²) in [4.78, 5) is 35.6. The molecule has 0 aliphatic heterocycles. The zero-order valence-electron chi connectivity index (χ0n) is 35.6. The number of aliphatic hydroxyl groups is 5. The van der Waals surface area contributed by atoms with E-state index in [0.717, 1.165) is 64.2 Å². The topological polar surface area (TPSA) is 210 Å². The molecule has 1 aliphatic rings. The predicted molar refractivity (Wildman–Crippen MR) is 226 cm³/mol. The van der Waals surface area contributed by atoms with Crippen molar-refractivity contribution in [3.8, 4) is 0 Å². The molecular weight excluding hydrogens is 767 g/mol. The van der Waals surface area contributed by atoms with Crippen molar-refractivity contribution < 1.29 is 63.1 Å². The maximum Gasteiger partial charge on any atom is 0.472 e. The van der Waals surface area contributed by atoms with Gasteiger partial charge in [-0.1, -0.05) is 147 Å². The highest BCUT2D eigenvalue weighted by atomic mass is 31.2. The first-order chi connectivity index (χ1) is 27.9. The third-order valence-corrected chi connectivity index (χ3v) is 11.2. The molecule has 1 rings (SSSR count). The number of hydrogen-bond donors (Lipinski definition) is 6. The molecule has 0 aromatic carbocycles. The van der Waals surface area contributed by atoms with Gasteiger partial charge < -0.3 is 39.9 Å². The highest BCUT2D eigenvalue weighted by Gasteiger charge is 2.51. The van der Waals surface area contributed by atoms with E-state index in [0.29, 0.717) is 12.8 Å². The number of aliphatic hydroxyl groups excluding tert-OH is 5. The highest BCUT2D eigenvalue weighted by molar-refractivity contribution is 7.47. The lowest BCUT2D eigenvalue weighted by molar-refractivity contribution is -0.220. The number of unbranched alkanes of at least 4 members (excludes halogenated alkanes) is 18. The smallest absolute Gasteiger partial charge is 0.462 e. The van der Waals surface area contributed by atoms with Crippen LogP contribution in [0.4, 0.5) is 0 Å². The zero-order valence-corrected chi connectivity index (χ0v) is 36.5. The van der Waals surface area contributed by atoms with Crippen molar-refractivity contribution in [3.63, 3.8) is 0 Å². The third-order valence-electron chi connectivity index (χ3n) is 10.2. The molecule has 1 saturated carbocycles. The molecule has 8 atom stereocenters. The monoisotopic (exact) mass is 847 g/mol. The van der Waals surface area contributed by atoms with Gasteiger partial charge in [0.2, 0.25) is 0 Å². The van der Waals surface area contributed by atoms with Gasteiger partial charge in [0.05, 0.1) is 6.61 Å². The second-order valence-electron chi connectivity index (χ2n) is 15.6. The number of ether oxygens (including phenoxy) is 2. The lowest BCUT2D eigenvalue weighted by Crippen LogP contribution is -2.64. The molecule has 1 aliphatic carbocycles. The fourth-order valence-electron chi connectivity index (χ4n) is 6.59. The minimum Gasteiger partial charge on any atom is -0.462 e. The van der Waals surface area contributed by atoms with Crippen LogP contribution >= 0.6 is 7.82 Å². The molecule has 0 spiro atoms. The van der Waals surface area contributed by atoms with Crippen molar-refractivity contribution in [2.24, 2.45) is 0 Å². The SMILES string of the molecule is CCCCC/C=C\C/C=C\C/C=C\CCCCCCC(=O)O[C@H](COC(=O)CCCCCCCCCCCCCC)COP(=O)(O)OC1C(O)C(O)C(O)[C@@H](O)C1O. The molecule has 0 aromatic heterocycles. The van der Waals surface area contributed by atoms with Crippen molar-refractivity contribution in [2.75, 3.05) is 13.2 Å². The maximum absolute atomic E-state index is 12.8. The quantitative estimate of drug-likeness (QED) is 0.0152. The van der Waals surface area contributed by atoms with Gasteiger partial charge in [0, 0.05) is 12.8 Å². The molecule has 338 valence electrons. The van der Waals surface area contributed by atoms with E-state index in [9.17, 15) is 44.6 Å². The highest BCUT2D eigenvalue weighted by Crippen LogP contribution is 2.47. The van der Waals surface area contributed by atoms with Crippen molar-refractivity contribution in [2.45, 2.75) is 217 Å². The first-order valence-electron chi connectivity index (χ1n) is 22.3. The summed E-state index contributed by atoms with van der Waals surface area (Å²) in [6.07, 6.45) is 24.9. The number of phosphoric ester groups is 1. The fraction of sp³-hybridized carbons (Fsp3) is 0.818. The Hall–Kier alpha value is -1.93. The van der Waals surface area contributed by atoms with Crippen LogP contribution < -0.4 is 0 Å². The number of esters is 2. The molecule has 58 heavy (non-hydrogen) atoms. The summed E-state index contributed by atoms with van der Waals surface area (Å²) in [5, 5.41) is 50.1. The van der Waals surface area contributed by atoms with Crippen molar-refractivity contribution >= 4 is 19.8 Å². The third kappa shape index (κ3) is 27.0. The molecule has 6 unspecified atom stereocenters. The van der Waals surface area contributed by atoms with Crippen LogP contribution in [0.2, 0.25) is 0 Å². The molecule has 0 bridgehead atoms. The van der Waals surface area contributed by atoms with Crippen LogP contribution in [-0.2, 0) is 32.7 Å². The molecule has 13 nitrogen and oxygen atoms in total. The van der Waals surface area contributed by atoms with Gasteiger partial charge in [-0.25, -0.2) is 4.57 Å². The Kier molecular flexibility index (Phi) is 32.4. The van der Waals surface area contributed by atoms with Gasteiger partial charge in [-0.05, 0) is 51.4 Å². The average molecular weight is 847 g/mol. The van der Waals surface area contributed by atoms with Crippen LogP contribution in [0.5, 0.6) is 0 Å². The van der Waals surface area contributed by atoms with E-state index in [-0.39, 0.29) is 12.8 Å². The van der Waals surface area contributed by atoms with E-state index in [1.807, 2.05) is 0 Å². The van der Waals surface area contributed by atoms with Gasteiger partial charge >= 0.3 is 19.8 Å². The summed E-state index contributed by atoms with van der Waals surface area (Å²) in [6.45, 7) is 3.24. The lowest BCUT2D eigenvalue weighted by atomic mass is 9.85. The second-order valence-corrected chi connectivity index (χ2v) is 17.0. The summed E-state index contributed by atoms with van der Waals surface area (Å²) in [7, 11) is -5.12. The number of carbonyl (C=O) groups excluding carboxylic acids is 2. The Morgan fingerprint density at radius 1 is 0.534 bits per heavy atom. The Labute approximate surface area is 348 Å². The van der Waals surface area contributed by atoms with Crippen molar-refractivity contribution in [3.05, 3.63) is 36.5 Å². The minimum absolute atomic E-state index is 0.0723. The molecular formula is C44H79O13P. The molecule has 6 N–H and O–H groups in total. The van der Waals surface area contributed by atoms with Crippen molar-refractivity contribution in [1.29, 1.82) is 0 Å². The summed E-state index contributed by atoms with van der Waals surface area (Å²) in [5.41, 5.74) is 0. The van der Waals surface area contributed by atoms with E-state index >= 15 is 0 Å². The van der Waals surface area contributed by atoms with Crippen LogP contribution in [0.15, 0.2) is 36.5 Å². The molecule has 14 heteroatoms. The maximum atomic E-state index is 12.8. The van der Waals surface area contributed by atoms with Crippen LogP contribution in [0.1, 0.15) is 174 Å². The zero-order chi connectivity index (χ0) is 42.9. The van der Waals surface area contributed by atoms with E-state index in [2.05, 4.69) is 50.3 Å². The molecule has 0 amide bonds. The summed E-state index contributed by atoms with van der Waals surface area (Å²) >= 11 is 0. The van der Waals surface area contributed by atoms with Gasteiger partial charge in [0.15, 0.2) is 6.10 Å². The van der Waals surface area contributed by atoms with E-state index in [1.54, 1.807) is 0 Å². The van der Waals surface area contributed by atoms with Crippen molar-refractivity contribution in [1.82, 2.24) is 0 Å². The van der Waals surface area contributed by atoms with Gasteiger partial charge in [-0.2, -0.15) is 0 Å². The molecule has 1 fully saturated rings. The molecule has 0 aromatic rings. The van der Waals surface area contributed by atoms with Gasteiger partial charge in [0.25, 0.3) is 0 Å². The van der Waals surface area contributed by atoms with Gasteiger partial charge in [0.1, 0.15) is 43.2 Å². The first-order valence-corrected chi connectivity index (χ1v) is 23.8. The normalized spacial score (nSPS) is 22.8. The van der Waals surface area contributed by atoms with Gasteiger partial charge in [-0.3, -0.25) is 18.6 Å². The number of hydrogen-bond acceptors (Lipinski definition) is 12. The van der Waals surface area contributed by atoms with E-state index in [4.69, 9.17) is 18.5 Å². The average Bonchev–Trinajstić information content (AvgIpc) is 3.20. The fourth-order valence-corrected chi connectivity index (χ4v) is 7.56. The summed E-state index contributed by atoms with van der Waals surface area (Å²) < 4.78 is 33.4. The van der Waals surface area contributed by atoms with Crippen LogP contribution in [0, 0.1) is 0 Å². The van der Waals surface area contributed by atoms with Gasteiger partial charge in [-0.15, -0.1) is 0 Å². The Morgan fingerprint density at radius 3 is 1.45 bits per heavy atom. The van der Waals surface area contributed by atoms with Crippen LogP contribution in [0.3, 0.4) is 0 Å². The molecule has 0 heterocycles.